The minimum Gasteiger partial charge on any atom is -0.478 e. The van der Waals surface area contributed by atoms with Crippen molar-refractivity contribution in [3.8, 4) is 0 Å². The van der Waals surface area contributed by atoms with Crippen LogP contribution in [0.3, 0.4) is 0 Å². The minimum atomic E-state index is -1.05. The molecule has 2 aromatic rings. The summed E-state index contributed by atoms with van der Waals surface area (Å²) >= 11 is 5.04. The van der Waals surface area contributed by atoms with Crippen LogP contribution in [-0.2, 0) is 0 Å². The van der Waals surface area contributed by atoms with Gasteiger partial charge in [-0.25, -0.2) is 9.18 Å². The Kier molecular flexibility index (Phi) is 5.02. The van der Waals surface area contributed by atoms with Gasteiger partial charge in [-0.2, -0.15) is 0 Å². The molecule has 0 aliphatic rings. The van der Waals surface area contributed by atoms with Crippen LogP contribution >= 0.6 is 12.2 Å². The smallest absolute Gasteiger partial charge is 0.336 e. The van der Waals surface area contributed by atoms with Gasteiger partial charge in [-0.05, 0) is 61.1 Å². The second-order valence-electron chi connectivity index (χ2n) is 4.70. The molecule has 0 atom stereocenters. The van der Waals surface area contributed by atoms with E-state index in [2.05, 4.69) is 10.6 Å². The van der Waals surface area contributed by atoms with Crippen LogP contribution in [0, 0.1) is 12.7 Å². The average molecular weight is 332 g/mol. The van der Waals surface area contributed by atoms with Crippen LogP contribution in [0.5, 0.6) is 0 Å². The fourth-order valence-corrected chi connectivity index (χ4v) is 2.14. The SMILES string of the molecule is Cc1c(NC(=S)NC(=O)c2ccc(F)cc2)cccc1C(=O)O. The van der Waals surface area contributed by atoms with E-state index in [0.29, 0.717) is 11.3 Å². The molecule has 0 unspecified atom stereocenters. The Balaban J connectivity index is 2.08. The van der Waals surface area contributed by atoms with Gasteiger partial charge < -0.3 is 10.4 Å². The lowest BCUT2D eigenvalue weighted by Crippen LogP contribution is -2.34. The maximum atomic E-state index is 12.8. The molecule has 0 aliphatic heterocycles. The molecule has 0 aromatic heterocycles. The van der Waals surface area contributed by atoms with E-state index in [1.165, 1.54) is 30.3 Å². The number of nitrogens with one attached hydrogen (secondary N) is 2. The number of carboxylic acids is 1. The molecule has 0 saturated carbocycles. The van der Waals surface area contributed by atoms with Crippen molar-refractivity contribution >= 4 is 34.9 Å². The molecule has 0 fully saturated rings. The third kappa shape index (κ3) is 4.10. The molecular weight excluding hydrogens is 319 g/mol. The number of anilines is 1. The monoisotopic (exact) mass is 332 g/mol. The molecule has 0 radical (unpaired) electrons. The van der Waals surface area contributed by atoms with Gasteiger partial charge in [0.25, 0.3) is 5.91 Å². The van der Waals surface area contributed by atoms with Crippen molar-refractivity contribution in [2.45, 2.75) is 6.92 Å². The van der Waals surface area contributed by atoms with Crippen LogP contribution in [0.2, 0.25) is 0 Å². The second-order valence-corrected chi connectivity index (χ2v) is 5.11. The Morgan fingerprint density at radius 1 is 1.13 bits per heavy atom. The maximum Gasteiger partial charge on any atom is 0.336 e. The number of thiocarbonyl (C=S) groups is 1. The van der Waals surface area contributed by atoms with Crippen molar-refractivity contribution in [3.63, 3.8) is 0 Å². The van der Waals surface area contributed by atoms with Crippen molar-refractivity contribution in [2.75, 3.05) is 5.32 Å². The number of carboxylic acid groups (broad SMARTS) is 1. The number of hydrogen-bond acceptors (Lipinski definition) is 3. The van der Waals surface area contributed by atoms with E-state index in [9.17, 15) is 14.0 Å². The molecule has 5 nitrogen and oxygen atoms in total. The number of hydrogen-bond donors (Lipinski definition) is 3. The third-order valence-corrected chi connectivity index (χ3v) is 3.35. The number of rotatable bonds is 3. The second kappa shape index (κ2) is 6.97. The number of carbonyl (C=O) groups excluding carboxylic acids is 1. The number of halogens is 1. The first kappa shape index (κ1) is 16.6. The van der Waals surface area contributed by atoms with Gasteiger partial charge in [0, 0.05) is 11.3 Å². The standard InChI is InChI=1S/C16H13FN2O3S/c1-9-12(15(21)22)3-2-4-13(9)18-16(23)19-14(20)10-5-7-11(17)8-6-10/h2-8H,1H3,(H,21,22)(H2,18,19,20,23). The highest BCUT2D eigenvalue weighted by Crippen LogP contribution is 2.18. The highest BCUT2D eigenvalue weighted by Gasteiger charge is 2.12. The molecule has 23 heavy (non-hydrogen) atoms. The predicted molar refractivity (Wildman–Crippen MR) is 88.2 cm³/mol. The first-order valence-corrected chi connectivity index (χ1v) is 7.00. The molecule has 1 amide bonds. The molecule has 0 heterocycles. The van der Waals surface area contributed by atoms with Crippen molar-refractivity contribution in [3.05, 3.63) is 65.0 Å². The molecule has 0 aliphatic carbocycles. The van der Waals surface area contributed by atoms with Crippen LogP contribution in [0.15, 0.2) is 42.5 Å². The molecule has 3 N–H and O–H groups in total. The van der Waals surface area contributed by atoms with E-state index in [0.717, 1.165) is 0 Å². The van der Waals surface area contributed by atoms with Gasteiger partial charge in [-0.15, -0.1) is 0 Å². The Morgan fingerprint density at radius 3 is 2.39 bits per heavy atom. The fourth-order valence-electron chi connectivity index (χ4n) is 1.93. The van der Waals surface area contributed by atoms with Crippen LogP contribution in [0.25, 0.3) is 0 Å². The van der Waals surface area contributed by atoms with E-state index in [-0.39, 0.29) is 16.2 Å². The first-order valence-electron chi connectivity index (χ1n) is 6.59. The molecule has 2 rings (SSSR count). The zero-order valence-electron chi connectivity index (χ0n) is 12.1. The quantitative estimate of drug-likeness (QED) is 0.753. The largest absolute Gasteiger partial charge is 0.478 e. The van der Waals surface area contributed by atoms with Crippen LogP contribution < -0.4 is 10.6 Å². The summed E-state index contributed by atoms with van der Waals surface area (Å²) in [6.07, 6.45) is 0. The Labute approximate surface area is 137 Å². The van der Waals surface area contributed by atoms with E-state index in [1.807, 2.05) is 0 Å². The topological polar surface area (TPSA) is 78.4 Å². The van der Waals surface area contributed by atoms with Crippen LogP contribution in [-0.4, -0.2) is 22.1 Å². The summed E-state index contributed by atoms with van der Waals surface area (Å²) in [6.45, 7) is 1.64. The van der Waals surface area contributed by atoms with Crippen molar-refractivity contribution < 1.29 is 19.1 Å². The van der Waals surface area contributed by atoms with Gasteiger partial charge in [0.15, 0.2) is 5.11 Å². The summed E-state index contributed by atoms with van der Waals surface area (Å²) < 4.78 is 12.8. The summed E-state index contributed by atoms with van der Waals surface area (Å²) in [6, 6.07) is 9.72. The lowest BCUT2D eigenvalue weighted by molar-refractivity contribution is 0.0696. The van der Waals surface area contributed by atoms with Gasteiger partial charge in [0.1, 0.15) is 5.82 Å². The Hall–Kier alpha value is -2.80. The van der Waals surface area contributed by atoms with E-state index in [4.69, 9.17) is 17.3 Å². The zero-order valence-corrected chi connectivity index (χ0v) is 12.9. The number of amides is 1. The summed E-state index contributed by atoms with van der Waals surface area (Å²) in [4.78, 5) is 23.1. The molecule has 0 bridgehead atoms. The van der Waals surface area contributed by atoms with Gasteiger partial charge in [0.05, 0.1) is 5.56 Å². The molecule has 0 spiro atoms. The summed E-state index contributed by atoms with van der Waals surface area (Å²) in [7, 11) is 0. The number of carbonyl (C=O) groups is 2. The van der Waals surface area contributed by atoms with Crippen LogP contribution in [0.1, 0.15) is 26.3 Å². The van der Waals surface area contributed by atoms with Crippen molar-refractivity contribution in [1.29, 1.82) is 0 Å². The van der Waals surface area contributed by atoms with Crippen molar-refractivity contribution in [1.82, 2.24) is 5.32 Å². The van der Waals surface area contributed by atoms with E-state index < -0.39 is 17.7 Å². The third-order valence-electron chi connectivity index (χ3n) is 3.15. The van der Waals surface area contributed by atoms with E-state index >= 15 is 0 Å². The summed E-state index contributed by atoms with van der Waals surface area (Å²) in [5.74, 6) is -1.98. The maximum absolute atomic E-state index is 12.8. The van der Waals surface area contributed by atoms with E-state index in [1.54, 1.807) is 19.1 Å². The normalized spacial score (nSPS) is 10.0. The fraction of sp³-hybridized carbons (Fsp3) is 0.0625. The summed E-state index contributed by atoms with van der Waals surface area (Å²) in [5, 5.41) is 14.3. The molecule has 7 heteroatoms. The lowest BCUT2D eigenvalue weighted by Gasteiger charge is -2.13. The highest BCUT2D eigenvalue weighted by atomic mass is 32.1. The van der Waals surface area contributed by atoms with Gasteiger partial charge in [-0.1, -0.05) is 6.07 Å². The van der Waals surface area contributed by atoms with Gasteiger partial charge in [-0.3, -0.25) is 10.1 Å². The highest BCUT2D eigenvalue weighted by molar-refractivity contribution is 7.80. The molecular formula is C16H13FN2O3S. The zero-order chi connectivity index (χ0) is 17.0. The lowest BCUT2D eigenvalue weighted by atomic mass is 10.1. The summed E-state index contributed by atoms with van der Waals surface area (Å²) in [5.41, 5.74) is 1.38. The molecule has 118 valence electrons. The van der Waals surface area contributed by atoms with Gasteiger partial charge in [0.2, 0.25) is 0 Å². The van der Waals surface area contributed by atoms with Crippen molar-refractivity contribution in [2.24, 2.45) is 0 Å². The molecule has 2 aromatic carbocycles. The average Bonchev–Trinajstić information content (AvgIpc) is 2.49. The Bertz CT molecular complexity index is 775. The number of aromatic carboxylic acids is 1. The Morgan fingerprint density at radius 2 is 1.78 bits per heavy atom. The predicted octanol–water partition coefficient (Wildman–Crippen LogP) is 2.96. The number of benzene rings is 2. The molecule has 0 saturated heterocycles. The van der Waals surface area contributed by atoms with Crippen LogP contribution in [0.4, 0.5) is 10.1 Å². The first-order chi connectivity index (χ1) is 10.9. The van der Waals surface area contributed by atoms with Gasteiger partial charge >= 0.3 is 5.97 Å². The minimum absolute atomic E-state index is 0.0185.